The van der Waals surface area contributed by atoms with Gasteiger partial charge in [0.25, 0.3) is 5.56 Å². The molecule has 2 aromatic carbocycles. The predicted octanol–water partition coefficient (Wildman–Crippen LogP) is 2.88. The van der Waals surface area contributed by atoms with Crippen molar-refractivity contribution in [3.8, 4) is 5.75 Å². The maximum Gasteiger partial charge on any atom is 0.332 e. The van der Waals surface area contributed by atoms with Gasteiger partial charge in [-0.3, -0.25) is 13.9 Å². The minimum absolute atomic E-state index is 0.146. The molecule has 9 heteroatoms. The summed E-state index contributed by atoms with van der Waals surface area (Å²) in [6.07, 6.45) is 0. The Labute approximate surface area is 189 Å². The van der Waals surface area contributed by atoms with E-state index in [4.69, 9.17) is 9.72 Å². The first-order chi connectivity index (χ1) is 15.9. The summed E-state index contributed by atoms with van der Waals surface area (Å²) in [4.78, 5) is 33.3. The topological polar surface area (TPSA) is 74.3 Å². The van der Waals surface area contributed by atoms with Crippen LogP contribution in [0.4, 0.5) is 16.0 Å². The van der Waals surface area contributed by atoms with Crippen LogP contribution in [0.15, 0.2) is 58.1 Å². The second-order valence-corrected chi connectivity index (χ2v) is 8.43. The Morgan fingerprint density at radius 1 is 1.09 bits per heavy atom. The zero-order chi connectivity index (χ0) is 23.3. The smallest absolute Gasteiger partial charge is 0.332 e. The van der Waals surface area contributed by atoms with Gasteiger partial charge in [0.05, 0.1) is 13.7 Å². The van der Waals surface area contributed by atoms with Gasteiger partial charge in [0.1, 0.15) is 11.6 Å². The number of rotatable bonds is 4. The first-order valence-corrected chi connectivity index (χ1v) is 10.7. The van der Waals surface area contributed by atoms with E-state index in [0.29, 0.717) is 30.2 Å². The van der Waals surface area contributed by atoms with Gasteiger partial charge in [0.15, 0.2) is 11.2 Å². The molecule has 3 heterocycles. The zero-order valence-corrected chi connectivity index (χ0v) is 18.7. The molecule has 0 saturated carbocycles. The van der Waals surface area contributed by atoms with E-state index in [1.165, 1.54) is 10.6 Å². The number of anilines is 2. The molecule has 2 aromatic heterocycles. The summed E-state index contributed by atoms with van der Waals surface area (Å²) in [5.74, 6) is 1.12. The van der Waals surface area contributed by atoms with E-state index in [1.54, 1.807) is 32.4 Å². The lowest BCUT2D eigenvalue weighted by molar-refractivity contribution is 0.414. The molecule has 0 amide bonds. The number of halogens is 1. The van der Waals surface area contributed by atoms with E-state index >= 15 is 0 Å². The van der Waals surface area contributed by atoms with Crippen molar-refractivity contribution in [1.29, 1.82) is 0 Å². The number of imidazole rings is 1. The van der Waals surface area contributed by atoms with Crippen molar-refractivity contribution in [3.05, 3.63) is 80.7 Å². The third kappa shape index (κ3) is 3.40. The molecule has 0 N–H and O–H groups in total. The zero-order valence-electron chi connectivity index (χ0n) is 18.7. The molecule has 170 valence electrons. The number of aryl methyl sites for hydroxylation is 1. The molecule has 8 nitrogen and oxygen atoms in total. The molecule has 0 bridgehead atoms. The van der Waals surface area contributed by atoms with Crippen LogP contribution in [0.5, 0.6) is 5.75 Å². The Balaban J connectivity index is 1.70. The Morgan fingerprint density at radius 3 is 2.52 bits per heavy atom. The van der Waals surface area contributed by atoms with E-state index < -0.39 is 17.1 Å². The molecule has 1 atom stereocenters. The van der Waals surface area contributed by atoms with Gasteiger partial charge in [-0.2, -0.15) is 4.98 Å². The minimum Gasteiger partial charge on any atom is -0.497 e. The van der Waals surface area contributed by atoms with Crippen LogP contribution in [0, 0.1) is 11.7 Å². The van der Waals surface area contributed by atoms with E-state index in [1.807, 2.05) is 33.7 Å². The SMILES string of the molecule is COc1ccc(N2CC(C)Cn3c2nc2c3c(=O)n(Cc3ccccc3F)c(=O)n2C)cc1. The summed E-state index contributed by atoms with van der Waals surface area (Å²) in [6, 6.07) is 13.8. The van der Waals surface area contributed by atoms with Crippen molar-refractivity contribution >= 4 is 22.8 Å². The molecule has 0 aliphatic carbocycles. The number of ether oxygens (including phenoxy) is 1. The van der Waals surface area contributed by atoms with Gasteiger partial charge >= 0.3 is 5.69 Å². The van der Waals surface area contributed by atoms with Gasteiger partial charge in [-0.1, -0.05) is 25.1 Å². The highest BCUT2D eigenvalue weighted by atomic mass is 19.1. The average Bonchev–Trinajstić information content (AvgIpc) is 3.20. The normalized spacial score (nSPS) is 15.6. The predicted molar refractivity (Wildman–Crippen MR) is 124 cm³/mol. The highest BCUT2D eigenvalue weighted by Crippen LogP contribution is 2.33. The van der Waals surface area contributed by atoms with Crippen molar-refractivity contribution < 1.29 is 9.13 Å². The van der Waals surface area contributed by atoms with Gasteiger partial charge in [-0.25, -0.2) is 9.18 Å². The first kappa shape index (κ1) is 21.0. The van der Waals surface area contributed by atoms with Crippen LogP contribution in [0.25, 0.3) is 11.2 Å². The van der Waals surface area contributed by atoms with E-state index in [9.17, 15) is 14.0 Å². The van der Waals surface area contributed by atoms with Crippen LogP contribution in [0.1, 0.15) is 12.5 Å². The molecule has 5 rings (SSSR count). The second kappa shape index (κ2) is 7.91. The van der Waals surface area contributed by atoms with Gasteiger partial charge in [0, 0.05) is 31.4 Å². The third-order valence-corrected chi connectivity index (χ3v) is 6.11. The lowest BCUT2D eigenvalue weighted by Crippen LogP contribution is -2.40. The average molecular weight is 449 g/mol. The quantitative estimate of drug-likeness (QED) is 0.479. The molecule has 0 saturated heterocycles. The summed E-state index contributed by atoms with van der Waals surface area (Å²) >= 11 is 0. The number of hydrogen-bond donors (Lipinski definition) is 0. The van der Waals surface area contributed by atoms with Gasteiger partial charge in [-0.05, 0) is 36.2 Å². The lowest BCUT2D eigenvalue weighted by Gasteiger charge is -2.33. The Kier molecular flexibility index (Phi) is 5.03. The number of aromatic nitrogens is 4. The molecule has 4 aromatic rings. The van der Waals surface area contributed by atoms with Crippen molar-refractivity contribution in [2.75, 3.05) is 18.6 Å². The number of hydrogen-bond acceptors (Lipinski definition) is 5. The van der Waals surface area contributed by atoms with Crippen molar-refractivity contribution in [1.82, 2.24) is 18.7 Å². The number of methoxy groups -OCH3 is 1. The maximum absolute atomic E-state index is 14.3. The summed E-state index contributed by atoms with van der Waals surface area (Å²) in [7, 11) is 3.20. The van der Waals surface area contributed by atoms with Gasteiger partial charge < -0.3 is 14.2 Å². The highest BCUT2D eigenvalue weighted by Gasteiger charge is 2.30. The molecule has 0 spiro atoms. The molecular formula is C24H24FN5O3. The van der Waals surface area contributed by atoms with Gasteiger partial charge in [-0.15, -0.1) is 0 Å². The summed E-state index contributed by atoms with van der Waals surface area (Å²) < 4.78 is 23.8. The number of nitrogens with zero attached hydrogens (tertiary/aromatic N) is 5. The van der Waals surface area contributed by atoms with Crippen molar-refractivity contribution in [2.24, 2.45) is 13.0 Å². The standard InChI is InChI=1S/C24H24FN5O3/c1-15-12-28(17-8-10-18(33-3)11-9-17)23-26-21-20(29(23)13-15)22(31)30(24(32)27(21)2)14-16-6-4-5-7-19(16)25/h4-11,15H,12-14H2,1-3H3. The Morgan fingerprint density at radius 2 is 1.82 bits per heavy atom. The van der Waals surface area contributed by atoms with E-state index in [2.05, 4.69) is 6.92 Å². The molecule has 33 heavy (non-hydrogen) atoms. The summed E-state index contributed by atoms with van der Waals surface area (Å²) in [6.45, 7) is 3.26. The van der Waals surface area contributed by atoms with Crippen LogP contribution >= 0.6 is 0 Å². The first-order valence-electron chi connectivity index (χ1n) is 10.7. The fraction of sp³-hybridized carbons (Fsp3) is 0.292. The third-order valence-electron chi connectivity index (χ3n) is 6.11. The van der Waals surface area contributed by atoms with E-state index in [0.717, 1.165) is 16.0 Å². The van der Waals surface area contributed by atoms with Crippen LogP contribution in [-0.4, -0.2) is 32.3 Å². The fourth-order valence-corrected chi connectivity index (χ4v) is 4.42. The summed E-state index contributed by atoms with van der Waals surface area (Å²) in [5, 5.41) is 0. The molecule has 0 fully saturated rings. The van der Waals surface area contributed by atoms with Crippen LogP contribution in [-0.2, 0) is 20.1 Å². The highest BCUT2D eigenvalue weighted by molar-refractivity contribution is 5.77. The molecule has 1 aliphatic heterocycles. The monoisotopic (exact) mass is 449 g/mol. The number of benzene rings is 2. The van der Waals surface area contributed by atoms with Crippen LogP contribution < -0.4 is 20.9 Å². The second-order valence-electron chi connectivity index (χ2n) is 8.43. The van der Waals surface area contributed by atoms with E-state index in [-0.39, 0.29) is 18.0 Å². The molecule has 1 unspecified atom stereocenters. The maximum atomic E-state index is 14.3. The largest absolute Gasteiger partial charge is 0.497 e. The van der Waals surface area contributed by atoms with Crippen molar-refractivity contribution in [2.45, 2.75) is 20.0 Å². The lowest BCUT2D eigenvalue weighted by atomic mass is 10.1. The van der Waals surface area contributed by atoms with Crippen LogP contribution in [0.3, 0.4) is 0 Å². The molecular weight excluding hydrogens is 425 g/mol. The molecule has 1 aliphatic rings. The fourth-order valence-electron chi connectivity index (χ4n) is 4.42. The molecule has 0 radical (unpaired) electrons. The summed E-state index contributed by atoms with van der Waals surface area (Å²) in [5.41, 5.74) is 0.846. The minimum atomic E-state index is -0.532. The Hall–Kier alpha value is -3.88. The Bertz CT molecular complexity index is 1470. The van der Waals surface area contributed by atoms with Gasteiger partial charge in [0.2, 0.25) is 5.95 Å². The van der Waals surface area contributed by atoms with Crippen LogP contribution in [0.2, 0.25) is 0 Å². The number of fused-ring (bicyclic) bond motifs is 3. The van der Waals surface area contributed by atoms with Crippen molar-refractivity contribution in [3.63, 3.8) is 0 Å².